The van der Waals surface area contributed by atoms with Crippen LogP contribution in [0.5, 0.6) is 0 Å². The fourth-order valence-corrected chi connectivity index (χ4v) is 2.57. The van der Waals surface area contributed by atoms with Gasteiger partial charge >= 0.3 is 0 Å². The summed E-state index contributed by atoms with van der Waals surface area (Å²) in [6, 6.07) is 3.92. The summed E-state index contributed by atoms with van der Waals surface area (Å²) in [5.41, 5.74) is 1.25. The average molecular weight is 293 g/mol. The Kier molecular flexibility index (Phi) is 4.96. The van der Waals surface area contributed by atoms with E-state index in [1.807, 2.05) is 12.1 Å². The molecule has 0 bridgehead atoms. The molecule has 5 heteroatoms. The number of rotatable bonds is 6. The van der Waals surface area contributed by atoms with Gasteiger partial charge in [-0.3, -0.25) is 4.90 Å². The Hall–Kier alpha value is -1.17. The van der Waals surface area contributed by atoms with E-state index < -0.39 is 0 Å². The lowest BCUT2D eigenvalue weighted by molar-refractivity contribution is 0.285. The van der Waals surface area contributed by atoms with Crippen molar-refractivity contribution in [2.75, 3.05) is 7.05 Å². The molecule has 0 aliphatic rings. The Balaban J connectivity index is 1.83. The first-order valence-electron chi connectivity index (χ1n) is 6.81. The lowest BCUT2D eigenvalue weighted by atomic mass is 10.1. The first-order chi connectivity index (χ1) is 9.42. The molecule has 2 heterocycles. The van der Waals surface area contributed by atoms with Crippen molar-refractivity contribution in [2.24, 2.45) is 0 Å². The predicted molar refractivity (Wildman–Crippen MR) is 82.6 cm³/mol. The maximum absolute atomic E-state index is 5.35. The number of nitrogens with zero attached hydrogens (tertiary/aromatic N) is 2. The first-order valence-corrected chi connectivity index (χ1v) is 7.69. The summed E-state index contributed by atoms with van der Waals surface area (Å²) in [5.74, 6) is 0.984. The minimum Gasteiger partial charge on any atom is -0.468 e. The summed E-state index contributed by atoms with van der Waals surface area (Å²) in [7, 11) is 2.08. The number of furan rings is 1. The Labute approximate surface area is 124 Å². The predicted octanol–water partition coefficient (Wildman–Crippen LogP) is 3.26. The standard InChI is InChI=1S/C15H23N3OS/c1-15(2,3)16-8-14-17-12(11-20-14)9-18(4)10-13-6-5-7-19-13/h5-7,11,16H,8-10H2,1-4H3. The van der Waals surface area contributed by atoms with Gasteiger partial charge in [0, 0.05) is 24.0 Å². The quantitative estimate of drug-likeness (QED) is 0.887. The highest BCUT2D eigenvalue weighted by atomic mass is 32.1. The monoisotopic (exact) mass is 293 g/mol. The summed E-state index contributed by atoms with van der Waals surface area (Å²) >= 11 is 1.72. The Morgan fingerprint density at radius 3 is 2.80 bits per heavy atom. The minimum atomic E-state index is 0.127. The van der Waals surface area contributed by atoms with Gasteiger partial charge in [0.1, 0.15) is 10.8 Å². The van der Waals surface area contributed by atoms with Crippen LogP contribution >= 0.6 is 11.3 Å². The second kappa shape index (κ2) is 6.52. The molecule has 0 aliphatic heterocycles. The van der Waals surface area contributed by atoms with Crippen molar-refractivity contribution >= 4 is 11.3 Å². The maximum Gasteiger partial charge on any atom is 0.117 e. The summed E-state index contributed by atoms with van der Waals surface area (Å²) in [4.78, 5) is 6.87. The lowest BCUT2D eigenvalue weighted by Gasteiger charge is -2.19. The van der Waals surface area contributed by atoms with Crippen LogP contribution in [-0.4, -0.2) is 22.5 Å². The van der Waals surface area contributed by atoms with Crippen molar-refractivity contribution in [3.8, 4) is 0 Å². The van der Waals surface area contributed by atoms with Gasteiger partial charge in [0.2, 0.25) is 0 Å². The molecule has 110 valence electrons. The zero-order chi connectivity index (χ0) is 14.6. The van der Waals surface area contributed by atoms with E-state index in [9.17, 15) is 0 Å². The molecular weight excluding hydrogens is 270 g/mol. The molecule has 0 radical (unpaired) electrons. The molecule has 4 nitrogen and oxygen atoms in total. The van der Waals surface area contributed by atoms with Crippen LogP contribution in [-0.2, 0) is 19.6 Å². The Morgan fingerprint density at radius 2 is 2.15 bits per heavy atom. The van der Waals surface area contributed by atoms with Crippen LogP contribution in [0.15, 0.2) is 28.2 Å². The third kappa shape index (κ3) is 5.07. The van der Waals surface area contributed by atoms with Crippen molar-refractivity contribution in [1.29, 1.82) is 0 Å². The highest BCUT2D eigenvalue weighted by Crippen LogP contribution is 2.14. The third-order valence-electron chi connectivity index (χ3n) is 2.81. The van der Waals surface area contributed by atoms with E-state index >= 15 is 0 Å². The smallest absolute Gasteiger partial charge is 0.117 e. The van der Waals surface area contributed by atoms with Crippen molar-refractivity contribution < 1.29 is 4.42 Å². The van der Waals surface area contributed by atoms with Gasteiger partial charge in [-0.25, -0.2) is 4.98 Å². The zero-order valence-corrected chi connectivity index (χ0v) is 13.5. The summed E-state index contributed by atoms with van der Waals surface area (Å²) in [6.45, 7) is 8.97. The van der Waals surface area contributed by atoms with E-state index in [2.05, 4.69) is 48.4 Å². The largest absolute Gasteiger partial charge is 0.468 e. The average Bonchev–Trinajstić information content (AvgIpc) is 2.97. The fourth-order valence-electron chi connectivity index (χ4n) is 1.84. The van der Waals surface area contributed by atoms with Crippen LogP contribution in [0.2, 0.25) is 0 Å². The van der Waals surface area contributed by atoms with Crippen molar-refractivity contribution in [1.82, 2.24) is 15.2 Å². The summed E-state index contributed by atoms with van der Waals surface area (Å²) in [5, 5.41) is 6.74. The van der Waals surface area contributed by atoms with Crippen molar-refractivity contribution in [2.45, 2.75) is 45.9 Å². The van der Waals surface area contributed by atoms with E-state index in [1.54, 1.807) is 17.6 Å². The van der Waals surface area contributed by atoms with Gasteiger partial charge in [0.15, 0.2) is 0 Å². The highest BCUT2D eigenvalue weighted by Gasteiger charge is 2.11. The molecule has 0 aromatic carbocycles. The molecular formula is C15H23N3OS. The summed E-state index contributed by atoms with van der Waals surface area (Å²) in [6.07, 6.45) is 1.71. The normalized spacial score (nSPS) is 12.2. The highest BCUT2D eigenvalue weighted by molar-refractivity contribution is 7.09. The molecule has 0 fully saturated rings. The van der Waals surface area contributed by atoms with Crippen LogP contribution in [0.1, 0.15) is 37.2 Å². The molecule has 2 rings (SSSR count). The number of aromatic nitrogens is 1. The van der Waals surface area contributed by atoms with E-state index in [0.717, 1.165) is 36.1 Å². The molecule has 0 unspecified atom stereocenters. The van der Waals surface area contributed by atoms with Gasteiger partial charge in [-0.05, 0) is 40.0 Å². The van der Waals surface area contributed by atoms with Crippen LogP contribution in [0.3, 0.4) is 0 Å². The Morgan fingerprint density at radius 1 is 1.35 bits per heavy atom. The van der Waals surface area contributed by atoms with E-state index in [-0.39, 0.29) is 5.54 Å². The first kappa shape index (κ1) is 15.2. The van der Waals surface area contributed by atoms with Gasteiger partial charge in [-0.2, -0.15) is 0 Å². The molecule has 0 atom stereocenters. The second-order valence-electron chi connectivity index (χ2n) is 6.09. The molecule has 0 amide bonds. The zero-order valence-electron chi connectivity index (χ0n) is 12.6. The van der Waals surface area contributed by atoms with Gasteiger partial charge in [-0.1, -0.05) is 0 Å². The van der Waals surface area contributed by atoms with Gasteiger partial charge < -0.3 is 9.73 Å². The number of nitrogens with one attached hydrogen (secondary N) is 1. The van der Waals surface area contributed by atoms with Crippen molar-refractivity contribution in [3.05, 3.63) is 40.2 Å². The molecule has 2 aromatic heterocycles. The SMILES string of the molecule is CN(Cc1csc(CNC(C)(C)C)n1)Cc1ccco1. The maximum atomic E-state index is 5.35. The number of hydrogen-bond acceptors (Lipinski definition) is 5. The molecule has 2 aromatic rings. The lowest BCUT2D eigenvalue weighted by Crippen LogP contribution is -2.35. The Bertz CT molecular complexity index is 513. The summed E-state index contributed by atoms with van der Waals surface area (Å²) < 4.78 is 5.35. The molecule has 0 spiro atoms. The van der Waals surface area contributed by atoms with Crippen molar-refractivity contribution in [3.63, 3.8) is 0 Å². The third-order valence-corrected chi connectivity index (χ3v) is 3.70. The molecule has 20 heavy (non-hydrogen) atoms. The van der Waals surface area contributed by atoms with Gasteiger partial charge in [-0.15, -0.1) is 11.3 Å². The fraction of sp³-hybridized carbons (Fsp3) is 0.533. The van der Waals surface area contributed by atoms with E-state index in [1.165, 1.54) is 0 Å². The number of hydrogen-bond donors (Lipinski definition) is 1. The van der Waals surface area contributed by atoms with Crippen LogP contribution in [0.25, 0.3) is 0 Å². The molecule has 0 aliphatic carbocycles. The van der Waals surface area contributed by atoms with Gasteiger partial charge in [0.05, 0.1) is 18.5 Å². The van der Waals surface area contributed by atoms with E-state index in [0.29, 0.717) is 0 Å². The van der Waals surface area contributed by atoms with E-state index in [4.69, 9.17) is 4.42 Å². The molecule has 1 N–H and O–H groups in total. The molecule has 0 saturated carbocycles. The number of thiazole rings is 1. The topological polar surface area (TPSA) is 41.3 Å². The van der Waals surface area contributed by atoms with Crippen LogP contribution in [0, 0.1) is 0 Å². The van der Waals surface area contributed by atoms with Crippen LogP contribution in [0.4, 0.5) is 0 Å². The van der Waals surface area contributed by atoms with Crippen LogP contribution < -0.4 is 5.32 Å². The molecule has 0 saturated heterocycles. The van der Waals surface area contributed by atoms with Gasteiger partial charge in [0.25, 0.3) is 0 Å². The second-order valence-corrected chi connectivity index (χ2v) is 7.03. The minimum absolute atomic E-state index is 0.127.